The Kier molecular flexibility index (Phi) is 10.0. The minimum atomic E-state index is -3.59. The average Bonchev–Trinajstić information content (AvgIpc) is 3.34. The zero-order valence-electron chi connectivity index (χ0n) is 22.2. The van der Waals surface area contributed by atoms with Crippen molar-refractivity contribution >= 4 is 39.1 Å². The number of benzene rings is 2. The fraction of sp³-hybridized carbons (Fsp3) is 0.500. The molecule has 7 nitrogen and oxygen atoms in total. The van der Waals surface area contributed by atoms with Gasteiger partial charge in [-0.1, -0.05) is 60.3 Å². The number of halogens is 1. The number of amides is 2. The number of nitrogens with one attached hydrogen (secondary N) is 1. The van der Waals surface area contributed by atoms with E-state index < -0.39 is 16.1 Å². The summed E-state index contributed by atoms with van der Waals surface area (Å²) >= 11 is 6.23. The maximum absolute atomic E-state index is 13.5. The number of carbonyl (C=O) groups is 2. The molecule has 1 atom stereocenters. The van der Waals surface area contributed by atoms with Gasteiger partial charge in [0.1, 0.15) is 6.04 Å². The predicted octanol–water partition coefficient (Wildman–Crippen LogP) is 4.98. The van der Waals surface area contributed by atoms with Gasteiger partial charge in [0.05, 0.1) is 11.9 Å². The van der Waals surface area contributed by atoms with Crippen LogP contribution in [0, 0.1) is 13.8 Å². The van der Waals surface area contributed by atoms with E-state index in [0.717, 1.165) is 43.1 Å². The lowest BCUT2D eigenvalue weighted by atomic mass is 10.1. The van der Waals surface area contributed by atoms with Gasteiger partial charge < -0.3 is 10.2 Å². The van der Waals surface area contributed by atoms with E-state index in [4.69, 9.17) is 11.6 Å². The molecular formula is C28H38ClN3O4S. The van der Waals surface area contributed by atoms with Crippen LogP contribution >= 0.6 is 11.6 Å². The summed E-state index contributed by atoms with van der Waals surface area (Å²) in [5, 5.41) is 3.59. The summed E-state index contributed by atoms with van der Waals surface area (Å²) in [5.41, 5.74) is 3.19. The summed E-state index contributed by atoms with van der Waals surface area (Å²) in [6, 6.07) is 12.5. The maximum Gasteiger partial charge on any atom is 0.242 e. The normalized spacial score (nSPS) is 14.8. The molecule has 2 amide bonds. The molecule has 2 aromatic carbocycles. The van der Waals surface area contributed by atoms with Gasteiger partial charge >= 0.3 is 0 Å². The molecule has 1 aliphatic rings. The topological polar surface area (TPSA) is 86.8 Å². The second-order valence-electron chi connectivity index (χ2n) is 10.00. The second kappa shape index (κ2) is 12.8. The highest BCUT2D eigenvalue weighted by Gasteiger charge is 2.29. The van der Waals surface area contributed by atoms with Crippen molar-refractivity contribution in [2.75, 3.05) is 17.1 Å². The van der Waals surface area contributed by atoms with Gasteiger partial charge in [-0.15, -0.1) is 0 Å². The molecule has 3 rings (SSSR count). The third kappa shape index (κ3) is 7.95. The first-order valence-corrected chi connectivity index (χ1v) is 15.1. The van der Waals surface area contributed by atoms with Gasteiger partial charge in [-0.3, -0.25) is 13.9 Å². The Morgan fingerprint density at radius 1 is 1.11 bits per heavy atom. The third-order valence-corrected chi connectivity index (χ3v) is 8.55. The molecule has 37 heavy (non-hydrogen) atoms. The molecule has 202 valence electrons. The SMILES string of the molecule is Cc1cccc(CN(C(=O)CCCN(c2cccc(Cl)c2C)S(C)(=O)=O)C(C)C(=O)NC2CCCC2)c1. The molecule has 0 spiro atoms. The predicted molar refractivity (Wildman–Crippen MR) is 149 cm³/mol. The summed E-state index contributed by atoms with van der Waals surface area (Å²) < 4.78 is 26.4. The van der Waals surface area contributed by atoms with E-state index in [-0.39, 0.29) is 30.8 Å². The van der Waals surface area contributed by atoms with Crippen LogP contribution in [0.4, 0.5) is 5.69 Å². The van der Waals surface area contributed by atoms with Crippen molar-refractivity contribution < 1.29 is 18.0 Å². The van der Waals surface area contributed by atoms with Gasteiger partial charge in [-0.25, -0.2) is 8.42 Å². The van der Waals surface area contributed by atoms with Crippen molar-refractivity contribution in [1.82, 2.24) is 10.2 Å². The summed E-state index contributed by atoms with van der Waals surface area (Å²) in [6.07, 6.45) is 5.71. The maximum atomic E-state index is 13.5. The highest BCUT2D eigenvalue weighted by atomic mass is 35.5. The molecule has 0 aromatic heterocycles. The Hall–Kier alpha value is -2.58. The van der Waals surface area contributed by atoms with Gasteiger partial charge in [0.2, 0.25) is 21.8 Å². The van der Waals surface area contributed by atoms with Gasteiger partial charge in [0.15, 0.2) is 0 Å². The molecule has 0 aliphatic heterocycles. The van der Waals surface area contributed by atoms with Gasteiger partial charge in [-0.05, 0) is 63.3 Å². The van der Waals surface area contributed by atoms with Crippen LogP contribution in [0.15, 0.2) is 42.5 Å². The van der Waals surface area contributed by atoms with Crippen LogP contribution in [0.2, 0.25) is 5.02 Å². The average molecular weight is 548 g/mol. The minimum Gasteiger partial charge on any atom is -0.352 e. The van der Waals surface area contributed by atoms with Crippen molar-refractivity contribution in [3.63, 3.8) is 0 Å². The highest BCUT2D eigenvalue weighted by molar-refractivity contribution is 7.92. The first-order valence-electron chi connectivity index (χ1n) is 12.9. The van der Waals surface area contributed by atoms with Crippen LogP contribution in [-0.2, 0) is 26.2 Å². The lowest BCUT2D eigenvalue weighted by Gasteiger charge is -2.30. The van der Waals surface area contributed by atoms with E-state index in [0.29, 0.717) is 29.2 Å². The third-order valence-electron chi connectivity index (χ3n) is 6.96. The molecule has 1 fully saturated rings. The molecule has 1 aliphatic carbocycles. The van der Waals surface area contributed by atoms with Crippen molar-refractivity contribution in [2.24, 2.45) is 0 Å². The van der Waals surface area contributed by atoms with E-state index >= 15 is 0 Å². The van der Waals surface area contributed by atoms with Crippen LogP contribution in [0.25, 0.3) is 0 Å². The number of carbonyl (C=O) groups excluding carboxylic acids is 2. The van der Waals surface area contributed by atoms with Gasteiger partial charge in [-0.2, -0.15) is 0 Å². The van der Waals surface area contributed by atoms with Crippen LogP contribution in [0.1, 0.15) is 62.1 Å². The van der Waals surface area contributed by atoms with Crippen molar-refractivity contribution in [1.29, 1.82) is 0 Å². The zero-order valence-corrected chi connectivity index (χ0v) is 23.7. The number of aryl methyl sites for hydroxylation is 1. The summed E-state index contributed by atoms with van der Waals surface area (Å²) in [4.78, 5) is 28.1. The van der Waals surface area contributed by atoms with Crippen LogP contribution in [0.3, 0.4) is 0 Å². The van der Waals surface area contributed by atoms with E-state index in [1.807, 2.05) is 31.2 Å². The van der Waals surface area contributed by atoms with Crippen molar-refractivity contribution in [2.45, 2.75) is 77.9 Å². The molecule has 0 bridgehead atoms. The van der Waals surface area contributed by atoms with Crippen molar-refractivity contribution in [3.8, 4) is 0 Å². The Morgan fingerprint density at radius 3 is 2.43 bits per heavy atom. The zero-order chi connectivity index (χ0) is 27.2. The van der Waals surface area contributed by atoms with E-state index in [1.54, 1.807) is 36.9 Å². The summed E-state index contributed by atoms with van der Waals surface area (Å²) in [7, 11) is -3.59. The van der Waals surface area contributed by atoms with Gasteiger partial charge in [0, 0.05) is 30.6 Å². The molecular weight excluding hydrogens is 510 g/mol. The Balaban J connectivity index is 1.74. The van der Waals surface area contributed by atoms with E-state index in [1.165, 1.54) is 4.31 Å². The Bertz CT molecular complexity index is 1210. The number of anilines is 1. The highest BCUT2D eigenvalue weighted by Crippen LogP contribution is 2.28. The van der Waals surface area contributed by atoms with E-state index in [2.05, 4.69) is 5.32 Å². The number of rotatable bonds is 11. The first-order chi connectivity index (χ1) is 17.5. The number of nitrogens with zero attached hydrogens (tertiary/aromatic N) is 2. The van der Waals surface area contributed by atoms with Crippen LogP contribution in [0.5, 0.6) is 0 Å². The summed E-state index contributed by atoms with van der Waals surface area (Å²) in [6.45, 7) is 5.96. The van der Waals surface area contributed by atoms with Crippen molar-refractivity contribution in [3.05, 3.63) is 64.2 Å². The molecule has 0 radical (unpaired) electrons. The second-order valence-corrected chi connectivity index (χ2v) is 12.3. The number of sulfonamides is 1. The Labute approximate surface area is 226 Å². The monoisotopic (exact) mass is 547 g/mol. The number of hydrogen-bond acceptors (Lipinski definition) is 4. The summed E-state index contributed by atoms with van der Waals surface area (Å²) in [5.74, 6) is -0.341. The molecule has 1 unspecified atom stereocenters. The minimum absolute atomic E-state index is 0.110. The first kappa shape index (κ1) is 29.0. The molecule has 9 heteroatoms. The molecule has 2 aromatic rings. The van der Waals surface area contributed by atoms with Crippen LogP contribution in [-0.4, -0.2) is 50.0 Å². The fourth-order valence-electron chi connectivity index (χ4n) is 4.83. The van der Waals surface area contributed by atoms with E-state index in [9.17, 15) is 18.0 Å². The van der Waals surface area contributed by atoms with Gasteiger partial charge in [0.25, 0.3) is 0 Å². The smallest absolute Gasteiger partial charge is 0.242 e. The Morgan fingerprint density at radius 2 is 1.78 bits per heavy atom. The largest absolute Gasteiger partial charge is 0.352 e. The van der Waals surface area contributed by atoms with Crippen LogP contribution < -0.4 is 9.62 Å². The quantitative estimate of drug-likeness (QED) is 0.430. The number of hydrogen-bond donors (Lipinski definition) is 1. The lowest BCUT2D eigenvalue weighted by Crippen LogP contribution is -2.49. The molecule has 0 saturated heterocycles. The fourth-order valence-corrected chi connectivity index (χ4v) is 6.02. The lowest BCUT2D eigenvalue weighted by molar-refractivity contribution is -0.141. The standard InChI is InChI=1S/C28H38ClN3O4S/c1-20-10-7-11-23(18-20)19-31(22(3)28(34)30-24-12-5-6-13-24)27(33)16-9-17-32(37(4,35)36)26-15-8-14-25(29)21(26)2/h7-8,10-11,14-15,18,22,24H,5-6,9,12-13,16-17,19H2,1-4H3,(H,30,34). The molecule has 0 heterocycles. The molecule has 1 N–H and O–H groups in total. The molecule has 1 saturated carbocycles.